The van der Waals surface area contributed by atoms with Crippen LogP contribution in [0.2, 0.25) is 0 Å². The zero-order valence-corrected chi connectivity index (χ0v) is 17.1. The summed E-state index contributed by atoms with van der Waals surface area (Å²) >= 11 is 0. The maximum Gasteiger partial charge on any atom is 0.295 e. The van der Waals surface area contributed by atoms with Crippen molar-refractivity contribution >= 4 is 17.4 Å². The third-order valence-corrected chi connectivity index (χ3v) is 5.87. The zero-order valence-electron chi connectivity index (χ0n) is 17.1. The first-order valence-corrected chi connectivity index (χ1v) is 10.5. The Morgan fingerprint density at radius 3 is 2.67 bits per heavy atom. The first-order chi connectivity index (χ1) is 14.6. The van der Waals surface area contributed by atoms with Gasteiger partial charge < -0.3 is 14.7 Å². The van der Waals surface area contributed by atoms with Crippen LogP contribution in [0.15, 0.2) is 54.4 Å². The molecule has 1 unspecified atom stereocenters. The molecular formula is C24H26N2O4. The Morgan fingerprint density at radius 1 is 1.17 bits per heavy atom. The van der Waals surface area contributed by atoms with Crippen molar-refractivity contribution in [3.63, 3.8) is 0 Å². The number of aliphatic hydroxyl groups is 1. The summed E-state index contributed by atoms with van der Waals surface area (Å²) in [5, 5.41) is 11.2. The first kappa shape index (κ1) is 20.1. The fourth-order valence-corrected chi connectivity index (χ4v) is 4.51. The Kier molecular flexibility index (Phi) is 5.84. The number of carbonyl (C=O) groups is 2. The number of rotatable bonds is 5. The van der Waals surface area contributed by atoms with Crippen LogP contribution in [0.3, 0.4) is 0 Å². The molecule has 2 aliphatic rings. The van der Waals surface area contributed by atoms with E-state index in [-0.39, 0.29) is 17.4 Å². The number of likely N-dealkylation sites (tertiary alicyclic amines) is 1. The summed E-state index contributed by atoms with van der Waals surface area (Å²) in [4.78, 5) is 32.1. The number of Topliss-reactive ketones (excluding diaryl/α,β-unsaturated/α-hetero) is 1. The van der Waals surface area contributed by atoms with E-state index in [2.05, 4.69) is 4.98 Å². The van der Waals surface area contributed by atoms with Crippen LogP contribution in [0.25, 0.3) is 5.76 Å². The lowest BCUT2D eigenvalue weighted by Crippen LogP contribution is -2.40. The molecule has 0 spiro atoms. The van der Waals surface area contributed by atoms with E-state index in [1.807, 2.05) is 13.0 Å². The number of pyridine rings is 1. The Morgan fingerprint density at radius 2 is 1.97 bits per heavy atom. The molecule has 1 N–H and O–H groups in total. The Bertz CT molecular complexity index is 964. The van der Waals surface area contributed by atoms with Crippen LogP contribution in [0.5, 0.6) is 5.75 Å². The van der Waals surface area contributed by atoms with E-state index in [9.17, 15) is 14.7 Å². The van der Waals surface area contributed by atoms with Gasteiger partial charge in [-0.15, -0.1) is 0 Å². The van der Waals surface area contributed by atoms with Gasteiger partial charge in [0, 0.05) is 24.0 Å². The highest BCUT2D eigenvalue weighted by molar-refractivity contribution is 6.46. The van der Waals surface area contributed by atoms with Gasteiger partial charge in [0.2, 0.25) is 0 Å². The van der Waals surface area contributed by atoms with Crippen LogP contribution in [0, 0.1) is 0 Å². The number of aromatic nitrogens is 1. The number of hydrogen-bond acceptors (Lipinski definition) is 5. The van der Waals surface area contributed by atoms with Crippen LogP contribution in [-0.4, -0.2) is 39.3 Å². The second-order valence-corrected chi connectivity index (χ2v) is 7.75. The average molecular weight is 406 g/mol. The van der Waals surface area contributed by atoms with Gasteiger partial charge in [-0.1, -0.05) is 37.5 Å². The summed E-state index contributed by atoms with van der Waals surface area (Å²) < 4.78 is 5.53. The molecule has 1 aromatic carbocycles. The van der Waals surface area contributed by atoms with Crippen molar-refractivity contribution in [3.8, 4) is 5.75 Å². The van der Waals surface area contributed by atoms with Gasteiger partial charge in [-0.3, -0.25) is 14.6 Å². The standard InChI is InChI=1S/C24H26N2O4/c1-2-30-19-12-6-8-16(14-19)22(27)20-21(17-9-7-13-25-15-17)26(24(29)23(20)28)18-10-4-3-5-11-18/h6-9,12-15,18,21,27H,2-5,10-11H2,1H3/b22-20-. The predicted molar refractivity (Wildman–Crippen MR) is 113 cm³/mol. The Hall–Kier alpha value is -3.15. The number of carbonyl (C=O) groups excluding carboxylic acids is 2. The third kappa shape index (κ3) is 3.70. The molecule has 1 saturated carbocycles. The van der Waals surface area contributed by atoms with Gasteiger partial charge in [-0.25, -0.2) is 0 Å². The maximum absolute atomic E-state index is 13.1. The van der Waals surface area contributed by atoms with E-state index in [0.717, 1.165) is 37.7 Å². The summed E-state index contributed by atoms with van der Waals surface area (Å²) in [6, 6.07) is 9.93. The topological polar surface area (TPSA) is 79.7 Å². The number of amides is 1. The van der Waals surface area contributed by atoms with Crippen LogP contribution < -0.4 is 4.74 Å². The Labute approximate surface area is 176 Å². The molecule has 1 saturated heterocycles. The number of hydrogen-bond donors (Lipinski definition) is 1. The second kappa shape index (κ2) is 8.69. The van der Waals surface area contributed by atoms with Crippen molar-refractivity contribution in [2.45, 2.75) is 51.1 Å². The Balaban J connectivity index is 1.84. The summed E-state index contributed by atoms with van der Waals surface area (Å²) in [6.07, 6.45) is 8.25. The number of benzene rings is 1. The van der Waals surface area contributed by atoms with Crippen molar-refractivity contribution in [2.24, 2.45) is 0 Å². The number of ether oxygens (including phenoxy) is 1. The SMILES string of the molecule is CCOc1cccc(/C(O)=C2/C(=O)C(=O)N(C3CCCCC3)C2c2cccnc2)c1. The van der Waals surface area contributed by atoms with Gasteiger partial charge in [0.15, 0.2) is 0 Å². The predicted octanol–water partition coefficient (Wildman–Crippen LogP) is 4.23. The molecule has 1 amide bonds. The minimum absolute atomic E-state index is 0.0135. The van der Waals surface area contributed by atoms with Crippen molar-refractivity contribution in [1.29, 1.82) is 0 Å². The lowest BCUT2D eigenvalue weighted by Gasteiger charge is -2.35. The van der Waals surface area contributed by atoms with Gasteiger partial charge in [-0.2, -0.15) is 0 Å². The molecule has 156 valence electrons. The van der Waals surface area contributed by atoms with E-state index in [1.54, 1.807) is 47.6 Å². The van der Waals surface area contributed by atoms with Gasteiger partial charge in [0.1, 0.15) is 11.5 Å². The van der Waals surface area contributed by atoms with E-state index >= 15 is 0 Å². The van der Waals surface area contributed by atoms with Crippen molar-refractivity contribution < 1.29 is 19.4 Å². The molecule has 6 nitrogen and oxygen atoms in total. The van der Waals surface area contributed by atoms with Gasteiger partial charge in [-0.05, 0) is 43.5 Å². The normalized spacial score (nSPS) is 21.8. The van der Waals surface area contributed by atoms with Crippen LogP contribution in [0.4, 0.5) is 0 Å². The molecular weight excluding hydrogens is 380 g/mol. The minimum Gasteiger partial charge on any atom is -0.507 e. The molecule has 2 aromatic rings. The lowest BCUT2D eigenvalue weighted by atomic mass is 9.91. The summed E-state index contributed by atoms with van der Waals surface area (Å²) in [5.74, 6) is -0.768. The highest BCUT2D eigenvalue weighted by Gasteiger charge is 2.48. The molecule has 2 fully saturated rings. The highest BCUT2D eigenvalue weighted by Crippen LogP contribution is 2.42. The molecule has 1 aliphatic heterocycles. The van der Waals surface area contributed by atoms with Crippen LogP contribution >= 0.6 is 0 Å². The molecule has 1 aromatic heterocycles. The van der Waals surface area contributed by atoms with Gasteiger partial charge in [0.05, 0.1) is 18.2 Å². The highest BCUT2D eigenvalue weighted by atomic mass is 16.5. The van der Waals surface area contributed by atoms with Crippen molar-refractivity contribution in [1.82, 2.24) is 9.88 Å². The van der Waals surface area contributed by atoms with Crippen molar-refractivity contribution in [3.05, 3.63) is 65.5 Å². The molecule has 30 heavy (non-hydrogen) atoms. The number of ketones is 1. The monoisotopic (exact) mass is 406 g/mol. The van der Waals surface area contributed by atoms with Gasteiger partial charge in [0.25, 0.3) is 11.7 Å². The fraction of sp³-hybridized carbons (Fsp3) is 0.375. The molecule has 2 heterocycles. The summed E-state index contributed by atoms with van der Waals surface area (Å²) in [5.41, 5.74) is 1.30. The fourth-order valence-electron chi connectivity index (χ4n) is 4.51. The lowest BCUT2D eigenvalue weighted by molar-refractivity contribution is -0.141. The summed E-state index contributed by atoms with van der Waals surface area (Å²) in [7, 11) is 0. The molecule has 1 atom stereocenters. The second-order valence-electron chi connectivity index (χ2n) is 7.75. The minimum atomic E-state index is -0.645. The van der Waals surface area contributed by atoms with Crippen LogP contribution in [-0.2, 0) is 9.59 Å². The molecule has 1 aliphatic carbocycles. The molecule has 4 rings (SSSR count). The molecule has 6 heteroatoms. The van der Waals surface area contributed by atoms with E-state index in [4.69, 9.17) is 4.74 Å². The summed E-state index contributed by atoms with van der Waals surface area (Å²) in [6.45, 7) is 2.37. The first-order valence-electron chi connectivity index (χ1n) is 10.5. The van der Waals surface area contributed by atoms with E-state index in [1.165, 1.54) is 0 Å². The molecule has 0 bridgehead atoms. The quantitative estimate of drug-likeness (QED) is 0.457. The van der Waals surface area contributed by atoms with Crippen molar-refractivity contribution in [2.75, 3.05) is 6.61 Å². The average Bonchev–Trinajstić information content (AvgIpc) is 3.05. The third-order valence-electron chi connectivity index (χ3n) is 5.87. The molecule has 0 radical (unpaired) electrons. The number of nitrogens with zero attached hydrogens (tertiary/aromatic N) is 2. The van der Waals surface area contributed by atoms with E-state index in [0.29, 0.717) is 17.9 Å². The maximum atomic E-state index is 13.1. The van der Waals surface area contributed by atoms with E-state index < -0.39 is 17.7 Å². The largest absolute Gasteiger partial charge is 0.507 e. The zero-order chi connectivity index (χ0) is 21.1. The van der Waals surface area contributed by atoms with Gasteiger partial charge >= 0.3 is 0 Å². The number of aliphatic hydroxyl groups excluding tert-OH is 1. The van der Waals surface area contributed by atoms with Crippen LogP contribution in [0.1, 0.15) is 56.2 Å². The smallest absolute Gasteiger partial charge is 0.295 e.